The summed E-state index contributed by atoms with van der Waals surface area (Å²) in [5.74, 6) is 0. The molecule has 2 rings (SSSR count). The molecule has 2 aromatic rings. The highest BCUT2D eigenvalue weighted by Crippen LogP contribution is 2.14. The summed E-state index contributed by atoms with van der Waals surface area (Å²) in [6.07, 6.45) is 2.75. The highest BCUT2D eigenvalue weighted by Gasteiger charge is 2.04. The molecule has 4 nitrogen and oxygen atoms in total. The Balaban J connectivity index is 3.12. The molecule has 0 aliphatic carbocycles. The summed E-state index contributed by atoms with van der Waals surface area (Å²) in [5.41, 5.74) is 0.500. The Morgan fingerprint density at radius 2 is 2.22 bits per heavy atom. The zero-order valence-corrected chi connectivity index (χ0v) is 10.5. The molecule has 5 heteroatoms. The van der Waals surface area contributed by atoms with Crippen LogP contribution in [0, 0.1) is 0 Å². The van der Waals surface area contributed by atoms with Crippen molar-refractivity contribution in [1.29, 1.82) is 0 Å². The molecule has 0 amide bonds. The van der Waals surface area contributed by atoms with Crippen LogP contribution in [0.25, 0.3) is 23.6 Å². The predicted molar refractivity (Wildman–Crippen MR) is 73.7 cm³/mol. The fourth-order valence-corrected chi connectivity index (χ4v) is 2.06. The van der Waals surface area contributed by atoms with Gasteiger partial charge in [-0.1, -0.05) is 29.4 Å². The largest absolute Gasteiger partial charge is 0.411 e. The highest BCUT2D eigenvalue weighted by molar-refractivity contribution is 6.31. The summed E-state index contributed by atoms with van der Waals surface area (Å²) in [6.45, 7) is 3.77. The van der Waals surface area contributed by atoms with E-state index in [9.17, 15) is 4.79 Å². The molecule has 92 valence electrons. The number of nitrogens with zero attached hydrogens (tertiary/aromatic N) is 2. The maximum Gasteiger partial charge on any atom is 0.258 e. The summed E-state index contributed by atoms with van der Waals surface area (Å²) in [6, 6.07) is 5.26. The molecule has 0 bridgehead atoms. The fourth-order valence-electron chi connectivity index (χ4n) is 1.90. The van der Waals surface area contributed by atoms with Crippen molar-refractivity contribution in [3.05, 3.63) is 44.0 Å². The Hall–Kier alpha value is -2.07. The van der Waals surface area contributed by atoms with Crippen LogP contribution in [-0.4, -0.2) is 16.0 Å². The molecule has 0 aliphatic heterocycles. The van der Waals surface area contributed by atoms with Gasteiger partial charge >= 0.3 is 0 Å². The predicted octanol–water partition coefficient (Wildman–Crippen LogP) is 0.843. The van der Waals surface area contributed by atoms with Gasteiger partial charge in [0.15, 0.2) is 0 Å². The molecule has 0 unspecified atom stereocenters. The molecule has 0 radical (unpaired) electrons. The normalized spacial score (nSPS) is 12.7. The number of hydrogen-bond acceptors (Lipinski definition) is 3. The van der Waals surface area contributed by atoms with E-state index >= 15 is 0 Å². The van der Waals surface area contributed by atoms with Crippen molar-refractivity contribution < 1.29 is 5.21 Å². The topological polar surface area (TPSA) is 54.6 Å². The summed E-state index contributed by atoms with van der Waals surface area (Å²) < 4.78 is 1.50. The second-order valence-corrected chi connectivity index (χ2v) is 4.29. The Kier molecular flexibility index (Phi) is 3.21. The van der Waals surface area contributed by atoms with Crippen LogP contribution in [0.2, 0.25) is 5.02 Å². The maximum atomic E-state index is 12.0. The third-order valence-electron chi connectivity index (χ3n) is 2.81. The van der Waals surface area contributed by atoms with Crippen LogP contribution in [0.15, 0.2) is 28.1 Å². The van der Waals surface area contributed by atoms with Crippen molar-refractivity contribution in [3.63, 3.8) is 0 Å². The van der Waals surface area contributed by atoms with Crippen LogP contribution >= 0.6 is 11.6 Å². The molecule has 0 aliphatic rings. The van der Waals surface area contributed by atoms with Gasteiger partial charge in [-0.3, -0.25) is 4.79 Å². The van der Waals surface area contributed by atoms with Gasteiger partial charge in [0, 0.05) is 22.7 Å². The molecular weight excluding hydrogens is 252 g/mol. The van der Waals surface area contributed by atoms with Gasteiger partial charge < -0.3 is 9.77 Å². The maximum absolute atomic E-state index is 12.0. The van der Waals surface area contributed by atoms with Gasteiger partial charge in [0.2, 0.25) is 0 Å². The number of benzene rings is 1. The van der Waals surface area contributed by atoms with Gasteiger partial charge in [0.1, 0.15) is 0 Å². The fraction of sp³-hybridized carbons (Fsp3) is 0.0769. The van der Waals surface area contributed by atoms with E-state index in [1.54, 1.807) is 25.3 Å². The van der Waals surface area contributed by atoms with Crippen molar-refractivity contribution in [2.24, 2.45) is 12.2 Å². The zero-order valence-electron chi connectivity index (χ0n) is 9.72. The first kappa shape index (κ1) is 12.4. The Bertz CT molecular complexity index is 806. The Morgan fingerprint density at radius 1 is 1.50 bits per heavy atom. The molecular formula is C13H11ClN2O2. The average Bonchev–Trinajstić information content (AvgIpc) is 2.37. The van der Waals surface area contributed by atoms with Crippen LogP contribution in [0.3, 0.4) is 0 Å². The molecule has 1 N–H and O–H groups in total. The minimum Gasteiger partial charge on any atom is -0.411 e. The molecule has 0 atom stereocenters. The molecule has 1 heterocycles. The first-order chi connectivity index (χ1) is 8.56. The van der Waals surface area contributed by atoms with E-state index in [4.69, 9.17) is 16.8 Å². The molecule has 0 saturated heterocycles. The van der Waals surface area contributed by atoms with E-state index < -0.39 is 0 Å². The summed E-state index contributed by atoms with van der Waals surface area (Å²) in [7, 11) is 1.67. The summed E-state index contributed by atoms with van der Waals surface area (Å²) in [5, 5.41) is 13.7. The minimum absolute atomic E-state index is 0.206. The van der Waals surface area contributed by atoms with Crippen LogP contribution in [0.5, 0.6) is 0 Å². The lowest BCUT2D eigenvalue weighted by Gasteiger charge is -2.06. The molecule has 0 fully saturated rings. The number of hydrogen-bond donors (Lipinski definition) is 1. The van der Waals surface area contributed by atoms with Crippen LogP contribution in [0.1, 0.15) is 0 Å². The molecule has 0 saturated carbocycles. The van der Waals surface area contributed by atoms with Crippen LogP contribution in [0.4, 0.5) is 0 Å². The number of oxime groups is 1. The van der Waals surface area contributed by atoms with Crippen molar-refractivity contribution in [3.8, 4) is 0 Å². The lowest BCUT2D eigenvalue weighted by atomic mass is 10.1. The van der Waals surface area contributed by atoms with Crippen molar-refractivity contribution in [2.45, 2.75) is 0 Å². The first-order valence-corrected chi connectivity index (χ1v) is 5.59. The van der Waals surface area contributed by atoms with E-state index in [1.807, 2.05) is 6.07 Å². The highest BCUT2D eigenvalue weighted by atomic mass is 35.5. The van der Waals surface area contributed by atoms with Gasteiger partial charge in [-0.15, -0.1) is 0 Å². The number of fused-ring (bicyclic) bond motifs is 1. The van der Waals surface area contributed by atoms with E-state index in [0.717, 1.165) is 5.39 Å². The first-order valence-electron chi connectivity index (χ1n) is 5.21. The van der Waals surface area contributed by atoms with Gasteiger partial charge in [0.05, 0.1) is 11.7 Å². The standard InChI is InChI=1S/C13H11ClN2O2/c1-8-10(5-6-15-18)11-4-3-9(14)7-12(11)16(2)13(8)17/h3-7,18H,1H2,2H3/b10-5+,15-6+. The average molecular weight is 263 g/mol. The van der Waals surface area contributed by atoms with Crippen molar-refractivity contribution >= 4 is 41.4 Å². The second-order valence-electron chi connectivity index (χ2n) is 3.85. The molecule has 18 heavy (non-hydrogen) atoms. The van der Waals surface area contributed by atoms with Crippen LogP contribution in [-0.2, 0) is 7.05 Å². The number of halogens is 1. The number of pyridine rings is 1. The van der Waals surface area contributed by atoms with E-state index in [1.165, 1.54) is 10.8 Å². The van der Waals surface area contributed by atoms with E-state index in [2.05, 4.69) is 11.7 Å². The molecule has 1 aromatic heterocycles. The lowest BCUT2D eigenvalue weighted by molar-refractivity contribution is 0.322. The second kappa shape index (κ2) is 4.66. The number of rotatable bonds is 1. The monoisotopic (exact) mass is 262 g/mol. The van der Waals surface area contributed by atoms with E-state index in [-0.39, 0.29) is 5.56 Å². The molecule has 1 aromatic carbocycles. The molecule has 0 spiro atoms. The number of aryl methyl sites for hydroxylation is 1. The van der Waals surface area contributed by atoms with Crippen molar-refractivity contribution in [2.75, 3.05) is 0 Å². The van der Waals surface area contributed by atoms with Crippen LogP contribution < -0.4 is 16.0 Å². The summed E-state index contributed by atoms with van der Waals surface area (Å²) in [4.78, 5) is 12.0. The van der Waals surface area contributed by atoms with Crippen molar-refractivity contribution in [1.82, 2.24) is 4.57 Å². The SMILES string of the molecule is C=c1c(=O)n(C)c2cc(Cl)ccc2/c1=C/C=N/O. The minimum atomic E-state index is -0.206. The van der Waals surface area contributed by atoms with Gasteiger partial charge in [0.25, 0.3) is 5.56 Å². The Morgan fingerprint density at radius 3 is 2.89 bits per heavy atom. The van der Waals surface area contributed by atoms with Gasteiger partial charge in [-0.05, 0) is 23.4 Å². The van der Waals surface area contributed by atoms with Gasteiger partial charge in [-0.2, -0.15) is 0 Å². The number of aromatic nitrogens is 1. The quantitative estimate of drug-likeness (QED) is 0.470. The smallest absolute Gasteiger partial charge is 0.258 e. The summed E-state index contributed by atoms with van der Waals surface area (Å²) >= 11 is 5.93. The third kappa shape index (κ3) is 1.91. The zero-order chi connectivity index (χ0) is 13.3. The van der Waals surface area contributed by atoms with Gasteiger partial charge in [-0.25, -0.2) is 0 Å². The van der Waals surface area contributed by atoms with E-state index in [0.29, 0.717) is 21.0 Å². The lowest BCUT2D eigenvalue weighted by Crippen LogP contribution is -2.43. The third-order valence-corrected chi connectivity index (χ3v) is 3.04. The Labute approximate surface area is 108 Å².